The van der Waals surface area contributed by atoms with Crippen LogP contribution in [0, 0.1) is 21.4 Å². The van der Waals surface area contributed by atoms with Crippen molar-refractivity contribution in [3.8, 4) is 6.07 Å². The van der Waals surface area contributed by atoms with Crippen LogP contribution in [0.3, 0.4) is 0 Å². The first-order chi connectivity index (χ1) is 9.02. The van der Waals surface area contributed by atoms with Crippen LogP contribution in [0.5, 0.6) is 0 Å². The largest absolute Gasteiger partial charge is 0.307 e. The summed E-state index contributed by atoms with van der Waals surface area (Å²) >= 11 is 11.4. The quantitative estimate of drug-likeness (QED) is 0.669. The van der Waals surface area contributed by atoms with Crippen molar-refractivity contribution in [2.45, 2.75) is 24.3 Å². The molecule has 0 saturated heterocycles. The molecule has 0 bridgehead atoms. The highest BCUT2D eigenvalue weighted by molar-refractivity contribution is 7.89. The standard InChI is InChI=1S/C10H9Cl2N3O4S/c1-10(2,5-13)14-20(18,19)7-4-3-6(11)9(8(7)12)15(16)17/h3-4,14H,1-2H3. The number of nitriles is 1. The third kappa shape index (κ3) is 3.37. The summed E-state index contributed by atoms with van der Waals surface area (Å²) in [6.07, 6.45) is 0. The van der Waals surface area contributed by atoms with E-state index in [1.807, 2.05) is 0 Å². The fourth-order valence-electron chi connectivity index (χ4n) is 1.31. The Kier molecular flexibility index (Phi) is 4.61. The number of halogens is 2. The Bertz CT molecular complexity index is 710. The Morgan fingerprint density at radius 2 is 1.95 bits per heavy atom. The Morgan fingerprint density at radius 3 is 2.40 bits per heavy atom. The summed E-state index contributed by atoms with van der Waals surface area (Å²) in [7, 11) is -4.20. The van der Waals surface area contributed by atoms with Gasteiger partial charge in [0, 0.05) is 0 Å². The number of rotatable bonds is 4. The molecule has 0 atom stereocenters. The third-order valence-electron chi connectivity index (χ3n) is 2.17. The molecule has 0 aliphatic heterocycles. The number of nitrogens with one attached hydrogen (secondary N) is 1. The van der Waals surface area contributed by atoms with Crippen LogP contribution in [0.4, 0.5) is 5.69 Å². The van der Waals surface area contributed by atoms with Crippen molar-refractivity contribution in [2.24, 2.45) is 0 Å². The number of hydrogen-bond donors (Lipinski definition) is 1. The molecule has 0 heterocycles. The average Bonchev–Trinajstić information content (AvgIpc) is 2.26. The first-order valence-electron chi connectivity index (χ1n) is 5.09. The third-order valence-corrected chi connectivity index (χ3v) is 4.67. The summed E-state index contributed by atoms with van der Waals surface area (Å²) in [5.74, 6) is 0. The van der Waals surface area contributed by atoms with Crippen molar-refractivity contribution in [2.75, 3.05) is 0 Å². The predicted octanol–water partition coefficient (Wildman–Crippen LogP) is 2.48. The van der Waals surface area contributed by atoms with E-state index in [-0.39, 0.29) is 5.02 Å². The molecular formula is C10H9Cl2N3O4S. The summed E-state index contributed by atoms with van der Waals surface area (Å²) < 4.78 is 26.3. The van der Waals surface area contributed by atoms with E-state index in [1.54, 1.807) is 6.07 Å². The van der Waals surface area contributed by atoms with Crippen molar-refractivity contribution in [1.82, 2.24) is 4.72 Å². The topological polar surface area (TPSA) is 113 Å². The van der Waals surface area contributed by atoms with Crippen molar-refractivity contribution in [1.29, 1.82) is 5.26 Å². The van der Waals surface area contributed by atoms with E-state index in [0.29, 0.717) is 0 Å². The SMILES string of the molecule is CC(C)(C#N)NS(=O)(=O)c1ccc(Cl)c([N+](=O)[O-])c1Cl. The van der Waals surface area contributed by atoms with Crippen LogP contribution in [0.2, 0.25) is 10.0 Å². The molecule has 1 aromatic rings. The van der Waals surface area contributed by atoms with Gasteiger partial charge >= 0.3 is 5.69 Å². The normalized spacial score (nSPS) is 11.9. The van der Waals surface area contributed by atoms with Crippen LogP contribution in [0.15, 0.2) is 17.0 Å². The molecule has 0 unspecified atom stereocenters. The minimum atomic E-state index is -4.20. The molecular weight excluding hydrogens is 329 g/mol. The lowest BCUT2D eigenvalue weighted by atomic mass is 10.1. The second-order valence-electron chi connectivity index (χ2n) is 4.31. The summed E-state index contributed by atoms with van der Waals surface area (Å²) in [5, 5.41) is 18.8. The van der Waals surface area contributed by atoms with Crippen LogP contribution in [-0.2, 0) is 10.0 Å². The van der Waals surface area contributed by atoms with Crippen LogP contribution < -0.4 is 4.72 Å². The lowest BCUT2D eigenvalue weighted by Crippen LogP contribution is -2.42. The van der Waals surface area contributed by atoms with E-state index in [4.69, 9.17) is 28.5 Å². The number of benzene rings is 1. The number of nitro groups is 1. The fraction of sp³-hybridized carbons (Fsp3) is 0.300. The second kappa shape index (κ2) is 5.54. The van der Waals surface area contributed by atoms with E-state index in [0.717, 1.165) is 12.1 Å². The molecule has 108 valence electrons. The molecule has 0 spiro atoms. The van der Waals surface area contributed by atoms with Gasteiger partial charge in [-0.1, -0.05) is 23.2 Å². The average molecular weight is 338 g/mol. The highest BCUT2D eigenvalue weighted by Gasteiger charge is 2.31. The van der Waals surface area contributed by atoms with Gasteiger partial charge in [-0.15, -0.1) is 0 Å². The van der Waals surface area contributed by atoms with E-state index < -0.39 is 36.1 Å². The minimum absolute atomic E-state index is 0.279. The minimum Gasteiger partial charge on any atom is -0.258 e. The first-order valence-corrected chi connectivity index (χ1v) is 7.33. The summed E-state index contributed by atoms with van der Waals surface area (Å²) in [6, 6.07) is 3.83. The molecule has 0 aliphatic carbocycles. The van der Waals surface area contributed by atoms with Gasteiger partial charge < -0.3 is 0 Å². The van der Waals surface area contributed by atoms with E-state index >= 15 is 0 Å². The summed E-state index contributed by atoms with van der Waals surface area (Å²) in [6.45, 7) is 2.67. The van der Waals surface area contributed by atoms with Gasteiger partial charge in [-0.2, -0.15) is 9.98 Å². The maximum Gasteiger partial charge on any atom is 0.307 e. The monoisotopic (exact) mass is 337 g/mol. The van der Waals surface area contributed by atoms with Crippen LogP contribution >= 0.6 is 23.2 Å². The molecule has 1 rings (SSSR count). The van der Waals surface area contributed by atoms with Crippen molar-refractivity contribution in [3.05, 3.63) is 32.3 Å². The van der Waals surface area contributed by atoms with Crippen LogP contribution in [-0.4, -0.2) is 18.9 Å². The zero-order valence-electron chi connectivity index (χ0n) is 10.3. The molecule has 20 heavy (non-hydrogen) atoms. The molecule has 0 saturated carbocycles. The van der Waals surface area contributed by atoms with Crippen LogP contribution in [0.25, 0.3) is 0 Å². The van der Waals surface area contributed by atoms with Crippen molar-refractivity contribution < 1.29 is 13.3 Å². The predicted molar refractivity (Wildman–Crippen MR) is 73.1 cm³/mol. The molecule has 0 aliphatic rings. The molecule has 0 radical (unpaired) electrons. The first kappa shape index (κ1) is 16.7. The molecule has 1 N–H and O–H groups in total. The lowest BCUT2D eigenvalue weighted by Gasteiger charge is -2.18. The second-order valence-corrected chi connectivity index (χ2v) is 6.74. The summed E-state index contributed by atoms with van der Waals surface area (Å²) in [5.41, 5.74) is -2.10. The van der Waals surface area contributed by atoms with Gasteiger partial charge in [0.25, 0.3) is 0 Å². The lowest BCUT2D eigenvalue weighted by molar-refractivity contribution is -0.384. The Hall–Kier alpha value is -1.40. The molecule has 0 amide bonds. The van der Waals surface area contributed by atoms with Crippen molar-refractivity contribution >= 4 is 38.9 Å². The Labute approximate surface area is 125 Å². The highest BCUT2D eigenvalue weighted by Crippen LogP contribution is 2.37. The molecule has 7 nitrogen and oxygen atoms in total. The van der Waals surface area contributed by atoms with Gasteiger partial charge in [-0.05, 0) is 26.0 Å². The van der Waals surface area contributed by atoms with Gasteiger partial charge in [-0.3, -0.25) is 10.1 Å². The zero-order chi connectivity index (χ0) is 15.7. The van der Waals surface area contributed by atoms with Gasteiger partial charge in [-0.25, -0.2) is 8.42 Å². The molecule has 0 aromatic heterocycles. The van der Waals surface area contributed by atoms with Gasteiger partial charge in [0.2, 0.25) is 10.0 Å². The van der Waals surface area contributed by atoms with E-state index in [2.05, 4.69) is 4.72 Å². The number of nitrogens with zero attached hydrogens (tertiary/aromatic N) is 2. The fourth-order valence-corrected chi connectivity index (χ4v) is 3.53. The smallest absolute Gasteiger partial charge is 0.258 e. The van der Waals surface area contributed by atoms with Gasteiger partial charge in [0.15, 0.2) is 0 Å². The Morgan fingerprint density at radius 1 is 1.40 bits per heavy atom. The molecule has 10 heteroatoms. The molecule has 1 aromatic carbocycles. The summed E-state index contributed by atoms with van der Waals surface area (Å²) in [4.78, 5) is 9.44. The number of hydrogen-bond acceptors (Lipinski definition) is 5. The van der Waals surface area contributed by atoms with E-state index in [9.17, 15) is 18.5 Å². The maximum absolute atomic E-state index is 12.1. The molecule has 0 fully saturated rings. The number of sulfonamides is 1. The number of nitro benzene ring substituents is 1. The van der Waals surface area contributed by atoms with Crippen LogP contribution in [0.1, 0.15) is 13.8 Å². The Balaban J connectivity index is 3.46. The van der Waals surface area contributed by atoms with Gasteiger partial charge in [0.05, 0.1) is 11.0 Å². The zero-order valence-corrected chi connectivity index (χ0v) is 12.7. The highest BCUT2D eigenvalue weighted by atomic mass is 35.5. The maximum atomic E-state index is 12.1. The van der Waals surface area contributed by atoms with E-state index in [1.165, 1.54) is 13.8 Å². The van der Waals surface area contributed by atoms with Gasteiger partial charge in [0.1, 0.15) is 20.5 Å². The van der Waals surface area contributed by atoms with Crippen molar-refractivity contribution in [3.63, 3.8) is 0 Å².